The summed E-state index contributed by atoms with van der Waals surface area (Å²) >= 11 is 0. The maximum absolute atomic E-state index is 10.1. The summed E-state index contributed by atoms with van der Waals surface area (Å²) in [6.07, 6.45) is 1.68. The molecule has 3 nitrogen and oxygen atoms in total. The van der Waals surface area contributed by atoms with Crippen LogP contribution in [0.15, 0.2) is 53.5 Å². The van der Waals surface area contributed by atoms with Crippen molar-refractivity contribution in [1.29, 1.82) is 0 Å². The van der Waals surface area contributed by atoms with Crippen LogP contribution in [0.4, 0.5) is 11.4 Å². The number of benzene rings is 3. The lowest BCUT2D eigenvalue weighted by atomic mass is 10.0. The van der Waals surface area contributed by atoms with E-state index in [0.29, 0.717) is 11.3 Å². The summed E-state index contributed by atoms with van der Waals surface area (Å²) in [4.78, 5) is 4.48. The summed E-state index contributed by atoms with van der Waals surface area (Å²) in [5.74, 6) is 0.213. The van der Waals surface area contributed by atoms with Gasteiger partial charge in [0.05, 0.1) is 11.4 Å². The number of aryl methyl sites for hydroxylation is 2. The molecule has 0 aliphatic rings. The van der Waals surface area contributed by atoms with Gasteiger partial charge < -0.3 is 10.8 Å². The maximum atomic E-state index is 10.1. The van der Waals surface area contributed by atoms with Crippen LogP contribution in [-0.4, -0.2) is 11.3 Å². The Morgan fingerprint density at radius 1 is 1.00 bits per heavy atom. The van der Waals surface area contributed by atoms with Gasteiger partial charge >= 0.3 is 0 Å². The number of nitrogens with two attached hydrogens (primary N) is 1. The summed E-state index contributed by atoms with van der Waals surface area (Å²) < 4.78 is 0. The van der Waals surface area contributed by atoms with Gasteiger partial charge in [-0.25, -0.2) is 0 Å². The molecule has 3 N–H and O–H groups in total. The molecule has 0 aliphatic heterocycles. The lowest BCUT2D eigenvalue weighted by Crippen LogP contribution is -1.91. The van der Waals surface area contributed by atoms with Crippen LogP contribution in [-0.2, 0) is 0 Å². The van der Waals surface area contributed by atoms with Crippen molar-refractivity contribution in [2.24, 2.45) is 4.99 Å². The van der Waals surface area contributed by atoms with Crippen molar-refractivity contribution in [3.05, 3.63) is 65.2 Å². The fourth-order valence-electron chi connectivity index (χ4n) is 2.49. The smallest absolute Gasteiger partial charge is 0.124 e. The summed E-state index contributed by atoms with van der Waals surface area (Å²) in [6.45, 7) is 4.05. The van der Waals surface area contributed by atoms with Crippen molar-refractivity contribution in [2.45, 2.75) is 13.8 Å². The van der Waals surface area contributed by atoms with Crippen molar-refractivity contribution in [3.8, 4) is 5.75 Å². The summed E-state index contributed by atoms with van der Waals surface area (Å²) in [5, 5.41) is 12.2. The van der Waals surface area contributed by atoms with Crippen LogP contribution in [0.25, 0.3) is 10.8 Å². The lowest BCUT2D eigenvalue weighted by molar-refractivity contribution is 0.475. The van der Waals surface area contributed by atoms with Gasteiger partial charge in [-0.1, -0.05) is 30.3 Å². The van der Waals surface area contributed by atoms with E-state index in [1.54, 1.807) is 12.3 Å². The molecule has 22 heavy (non-hydrogen) atoms. The molecule has 0 bridgehead atoms. The van der Waals surface area contributed by atoms with E-state index in [1.807, 2.05) is 56.3 Å². The van der Waals surface area contributed by atoms with E-state index < -0.39 is 0 Å². The Morgan fingerprint density at radius 2 is 1.73 bits per heavy atom. The molecule has 0 spiro atoms. The van der Waals surface area contributed by atoms with Crippen molar-refractivity contribution in [3.63, 3.8) is 0 Å². The molecule has 0 heterocycles. The Morgan fingerprint density at radius 3 is 2.55 bits per heavy atom. The number of fused-ring (bicyclic) bond motifs is 1. The van der Waals surface area contributed by atoms with Crippen molar-refractivity contribution < 1.29 is 5.11 Å². The highest BCUT2D eigenvalue weighted by molar-refractivity contribution is 6.03. The van der Waals surface area contributed by atoms with E-state index >= 15 is 0 Å². The minimum absolute atomic E-state index is 0.213. The quantitative estimate of drug-likeness (QED) is 0.539. The fourth-order valence-corrected chi connectivity index (χ4v) is 2.49. The standard InChI is InChI=1S/C19H18N2O/c1-12-9-17(20)18(10-13(12)2)21-11-16-15-6-4-3-5-14(15)7-8-19(16)22/h3-11,22H,20H2,1-2H3. The lowest BCUT2D eigenvalue weighted by Gasteiger charge is -2.07. The van der Waals surface area contributed by atoms with Crippen LogP contribution >= 0.6 is 0 Å². The minimum atomic E-state index is 0.213. The van der Waals surface area contributed by atoms with Crippen molar-refractivity contribution >= 4 is 28.4 Å². The summed E-state index contributed by atoms with van der Waals surface area (Å²) in [5.41, 5.74) is 10.4. The van der Waals surface area contributed by atoms with Crippen LogP contribution < -0.4 is 5.73 Å². The highest BCUT2D eigenvalue weighted by Gasteiger charge is 2.05. The number of hydrogen-bond acceptors (Lipinski definition) is 3. The van der Waals surface area contributed by atoms with Gasteiger partial charge in [0.2, 0.25) is 0 Å². The molecule has 0 saturated carbocycles. The zero-order chi connectivity index (χ0) is 15.7. The second-order valence-corrected chi connectivity index (χ2v) is 5.47. The first-order valence-corrected chi connectivity index (χ1v) is 7.18. The first kappa shape index (κ1) is 14.1. The van der Waals surface area contributed by atoms with Crippen molar-refractivity contribution in [2.75, 3.05) is 5.73 Å². The molecule has 110 valence electrons. The Labute approximate surface area is 129 Å². The average Bonchev–Trinajstić information content (AvgIpc) is 2.51. The van der Waals surface area contributed by atoms with Gasteiger partial charge in [-0.05, 0) is 53.9 Å². The van der Waals surface area contributed by atoms with Crippen LogP contribution in [0, 0.1) is 13.8 Å². The third-order valence-corrected chi connectivity index (χ3v) is 3.92. The van der Waals surface area contributed by atoms with E-state index in [1.165, 1.54) is 0 Å². The largest absolute Gasteiger partial charge is 0.507 e. The number of hydrogen-bond donors (Lipinski definition) is 2. The molecule has 3 heteroatoms. The summed E-state index contributed by atoms with van der Waals surface area (Å²) in [7, 11) is 0. The van der Waals surface area contributed by atoms with E-state index in [4.69, 9.17) is 5.73 Å². The van der Waals surface area contributed by atoms with Crippen LogP contribution in [0.1, 0.15) is 16.7 Å². The number of nitrogens with zero attached hydrogens (tertiary/aromatic N) is 1. The minimum Gasteiger partial charge on any atom is -0.507 e. The van der Waals surface area contributed by atoms with Gasteiger partial charge in [0, 0.05) is 11.8 Å². The number of rotatable bonds is 2. The van der Waals surface area contributed by atoms with Crippen LogP contribution in [0.5, 0.6) is 5.75 Å². The number of phenols is 1. The molecule has 0 fully saturated rings. The number of nitrogen functional groups attached to an aromatic ring is 1. The van der Waals surface area contributed by atoms with E-state index in [9.17, 15) is 5.11 Å². The predicted molar refractivity (Wildman–Crippen MR) is 93.2 cm³/mol. The number of aliphatic imine (C=N–C) groups is 1. The zero-order valence-corrected chi connectivity index (χ0v) is 12.7. The predicted octanol–water partition coefficient (Wildman–Crippen LogP) is 4.50. The average molecular weight is 290 g/mol. The molecule has 0 saturated heterocycles. The molecule has 0 radical (unpaired) electrons. The number of aromatic hydroxyl groups is 1. The van der Waals surface area contributed by atoms with Gasteiger partial charge in [0.15, 0.2) is 0 Å². The Balaban J connectivity index is 2.10. The van der Waals surface area contributed by atoms with E-state index in [0.717, 1.165) is 27.6 Å². The summed E-state index contributed by atoms with van der Waals surface area (Å²) in [6, 6.07) is 15.4. The zero-order valence-electron chi connectivity index (χ0n) is 12.7. The van der Waals surface area contributed by atoms with E-state index in [2.05, 4.69) is 4.99 Å². The van der Waals surface area contributed by atoms with Gasteiger partial charge in [-0.3, -0.25) is 4.99 Å². The van der Waals surface area contributed by atoms with Gasteiger partial charge in [0.1, 0.15) is 5.75 Å². The van der Waals surface area contributed by atoms with Gasteiger partial charge in [-0.2, -0.15) is 0 Å². The second-order valence-electron chi connectivity index (χ2n) is 5.47. The monoisotopic (exact) mass is 290 g/mol. The topological polar surface area (TPSA) is 58.6 Å². The molecule has 3 aromatic carbocycles. The molecule has 3 aromatic rings. The molecule has 3 rings (SSSR count). The normalized spacial score (nSPS) is 11.4. The third kappa shape index (κ3) is 2.53. The molecule has 0 amide bonds. The molecule has 0 atom stereocenters. The maximum Gasteiger partial charge on any atom is 0.124 e. The van der Waals surface area contributed by atoms with Gasteiger partial charge in [-0.15, -0.1) is 0 Å². The Hall–Kier alpha value is -2.81. The van der Waals surface area contributed by atoms with Crippen LogP contribution in [0.2, 0.25) is 0 Å². The first-order chi connectivity index (χ1) is 10.6. The highest BCUT2D eigenvalue weighted by Crippen LogP contribution is 2.29. The molecular weight excluding hydrogens is 272 g/mol. The molecule has 0 aliphatic carbocycles. The van der Waals surface area contributed by atoms with Crippen molar-refractivity contribution in [1.82, 2.24) is 0 Å². The Kier molecular flexibility index (Phi) is 3.55. The second kappa shape index (κ2) is 5.53. The molecule has 0 unspecified atom stereocenters. The van der Waals surface area contributed by atoms with Gasteiger partial charge in [0.25, 0.3) is 0 Å². The third-order valence-electron chi connectivity index (χ3n) is 3.92. The number of anilines is 1. The number of phenolic OH excluding ortho intramolecular Hbond substituents is 1. The van der Waals surface area contributed by atoms with E-state index in [-0.39, 0.29) is 5.75 Å². The van der Waals surface area contributed by atoms with Crippen LogP contribution in [0.3, 0.4) is 0 Å². The highest BCUT2D eigenvalue weighted by atomic mass is 16.3. The fraction of sp³-hybridized carbons (Fsp3) is 0.105. The first-order valence-electron chi connectivity index (χ1n) is 7.18. The molecule has 0 aromatic heterocycles. The SMILES string of the molecule is Cc1cc(N)c(N=Cc2c(O)ccc3ccccc23)cc1C. The molecular formula is C19H18N2O. The Bertz CT molecular complexity index is 882.